The van der Waals surface area contributed by atoms with Crippen LogP contribution in [0.25, 0.3) is 0 Å². The number of benzene rings is 2. The molecule has 2 aromatic carbocycles. The first-order valence-corrected chi connectivity index (χ1v) is 10.1. The van der Waals surface area contributed by atoms with Crippen LogP contribution in [0.15, 0.2) is 54.6 Å². The van der Waals surface area contributed by atoms with Crippen molar-refractivity contribution in [1.29, 1.82) is 0 Å². The third-order valence-electron chi connectivity index (χ3n) is 5.12. The molecule has 1 fully saturated rings. The van der Waals surface area contributed by atoms with Gasteiger partial charge in [0.2, 0.25) is 5.91 Å². The first-order valence-electron chi connectivity index (χ1n) is 10.1. The molecule has 1 heterocycles. The van der Waals surface area contributed by atoms with E-state index in [4.69, 9.17) is 0 Å². The topological polar surface area (TPSA) is 108 Å². The van der Waals surface area contributed by atoms with E-state index in [2.05, 4.69) is 16.0 Å². The summed E-state index contributed by atoms with van der Waals surface area (Å²) in [6.07, 6.45) is 0.417. The standard InChI is InChI=1S/C23H26N4O4/c1-15(2)13-23(17-7-5-4-6-8-17)21(30)27(22(31)26-23)14-19(28)25-18-11-9-16(10-12-18)20(29)24-3/h4-12,15H,13-14H2,1-3H3,(H,24,29)(H,25,28)(H,26,31)/t23-/m1/s1. The third-order valence-corrected chi connectivity index (χ3v) is 5.12. The van der Waals surface area contributed by atoms with Gasteiger partial charge >= 0.3 is 6.03 Å². The molecule has 0 saturated carbocycles. The van der Waals surface area contributed by atoms with E-state index in [0.717, 1.165) is 4.90 Å². The Hall–Kier alpha value is -3.68. The van der Waals surface area contributed by atoms with Crippen LogP contribution in [-0.4, -0.2) is 42.2 Å². The molecule has 8 heteroatoms. The highest BCUT2D eigenvalue weighted by Crippen LogP contribution is 2.35. The van der Waals surface area contributed by atoms with Crippen LogP contribution in [0.5, 0.6) is 0 Å². The molecule has 0 aromatic heterocycles. The van der Waals surface area contributed by atoms with Gasteiger partial charge in [-0.05, 0) is 42.2 Å². The molecule has 8 nitrogen and oxygen atoms in total. The van der Waals surface area contributed by atoms with Gasteiger partial charge in [0.1, 0.15) is 12.1 Å². The normalized spacial score (nSPS) is 18.1. The SMILES string of the molecule is CNC(=O)c1ccc(NC(=O)CN2C(=O)N[C@](CC(C)C)(c3ccccc3)C2=O)cc1. The molecule has 162 valence electrons. The summed E-state index contributed by atoms with van der Waals surface area (Å²) in [7, 11) is 1.53. The lowest BCUT2D eigenvalue weighted by molar-refractivity contribution is -0.134. The zero-order valence-electron chi connectivity index (χ0n) is 17.8. The molecule has 5 amide bonds. The predicted octanol–water partition coefficient (Wildman–Crippen LogP) is 2.48. The molecule has 0 spiro atoms. The first-order chi connectivity index (χ1) is 14.8. The summed E-state index contributed by atoms with van der Waals surface area (Å²) in [5, 5.41) is 8.00. The molecule has 31 heavy (non-hydrogen) atoms. The van der Waals surface area contributed by atoms with E-state index in [1.54, 1.807) is 36.4 Å². The van der Waals surface area contributed by atoms with E-state index in [-0.39, 0.29) is 11.8 Å². The van der Waals surface area contributed by atoms with Crippen molar-refractivity contribution in [3.63, 3.8) is 0 Å². The highest BCUT2D eigenvalue weighted by Gasteiger charge is 2.52. The Kier molecular flexibility index (Phi) is 6.39. The largest absolute Gasteiger partial charge is 0.355 e. The summed E-state index contributed by atoms with van der Waals surface area (Å²) >= 11 is 0. The van der Waals surface area contributed by atoms with Crippen molar-refractivity contribution >= 4 is 29.4 Å². The van der Waals surface area contributed by atoms with Crippen molar-refractivity contribution in [2.75, 3.05) is 18.9 Å². The molecule has 1 aliphatic heterocycles. The molecule has 0 bridgehead atoms. The highest BCUT2D eigenvalue weighted by atomic mass is 16.2. The van der Waals surface area contributed by atoms with Gasteiger partial charge in [0.05, 0.1) is 0 Å². The Morgan fingerprint density at radius 3 is 2.26 bits per heavy atom. The van der Waals surface area contributed by atoms with Crippen LogP contribution in [-0.2, 0) is 15.1 Å². The lowest BCUT2D eigenvalue weighted by Crippen LogP contribution is -2.45. The number of amides is 5. The smallest absolute Gasteiger partial charge is 0.325 e. The number of nitrogens with one attached hydrogen (secondary N) is 3. The lowest BCUT2D eigenvalue weighted by Gasteiger charge is -2.29. The minimum atomic E-state index is -1.19. The molecule has 3 N–H and O–H groups in total. The second-order valence-electron chi connectivity index (χ2n) is 7.90. The van der Waals surface area contributed by atoms with E-state index < -0.39 is 29.9 Å². The maximum atomic E-state index is 13.3. The molecule has 1 aliphatic rings. The van der Waals surface area contributed by atoms with E-state index in [9.17, 15) is 19.2 Å². The molecule has 0 radical (unpaired) electrons. The fraction of sp³-hybridized carbons (Fsp3) is 0.304. The molecule has 3 rings (SSSR count). The van der Waals surface area contributed by atoms with Crippen LogP contribution in [0.4, 0.5) is 10.5 Å². The van der Waals surface area contributed by atoms with Gasteiger partial charge < -0.3 is 16.0 Å². The molecule has 1 atom stereocenters. The van der Waals surface area contributed by atoms with Gasteiger partial charge in [-0.25, -0.2) is 4.79 Å². The second kappa shape index (κ2) is 8.99. The molecule has 1 saturated heterocycles. The number of urea groups is 1. The zero-order valence-corrected chi connectivity index (χ0v) is 17.8. The van der Waals surface area contributed by atoms with Crippen LogP contribution in [0.1, 0.15) is 36.2 Å². The Bertz CT molecular complexity index is 988. The van der Waals surface area contributed by atoms with Crippen molar-refractivity contribution in [2.24, 2.45) is 5.92 Å². The summed E-state index contributed by atoms with van der Waals surface area (Å²) in [5.74, 6) is -1.05. The third kappa shape index (κ3) is 4.58. The van der Waals surface area contributed by atoms with Gasteiger partial charge in [-0.1, -0.05) is 44.2 Å². The minimum absolute atomic E-state index is 0.136. The molecular formula is C23H26N4O4. The van der Waals surface area contributed by atoms with E-state index in [0.29, 0.717) is 23.2 Å². The van der Waals surface area contributed by atoms with Gasteiger partial charge in [-0.3, -0.25) is 19.3 Å². The van der Waals surface area contributed by atoms with E-state index >= 15 is 0 Å². The summed E-state index contributed by atoms with van der Waals surface area (Å²) in [5.41, 5.74) is 0.411. The highest BCUT2D eigenvalue weighted by molar-refractivity contribution is 6.10. The number of carbonyl (C=O) groups is 4. The lowest BCUT2D eigenvalue weighted by atomic mass is 9.82. The van der Waals surface area contributed by atoms with Crippen LogP contribution in [0.2, 0.25) is 0 Å². The number of carbonyl (C=O) groups excluding carboxylic acids is 4. The van der Waals surface area contributed by atoms with Gasteiger partial charge in [0, 0.05) is 18.3 Å². The van der Waals surface area contributed by atoms with Crippen molar-refractivity contribution in [2.45, 2.75) is 25.8 Å². The Morgan fingerprint density at radius 1 is 1.03 bits per heavy atom. The molecule has 0 unspecified atom stereocenters. The number of nitrogens with zero attached hydrogens (tertiary/aromatic N) is 1. The Balaban J connectivity index is 1.75. The van der Waals surface area contributed by atoms with Crippen LogP contribution in [0.3, 0.4) is 0 Å². The van der Waals surface area contributed by atoms with Crippen LogP contribution >= 0.6 is 0 Å². The monoisotopic (exact) mass is 422 g/mol. The van der Waals surface area contributed by atoms with E-state index in [1.165, 1.54) is 7.05 Å². The van der Waals surface area contributed by atoms with Gasteiger partial charge in [0.25, 0.3) is 11.8 Å². The van der Waals surface area contributed by atoms with Crippen LogP contribution < -0.4 is 16.0 Å². The fourth-order valence-electron chi connectivity index (χ4n) is 3.75. The van der Waals surface area contributed by atoms with Crippen molar-refractivity contribution in [3.8, 4) is 0 Å². The fourth-order valence-corrected chi connectivity index (χ4v) is 3.75. The quantitative estimate of drug-likeness (QED) is 0.596. The molecular weight excluding hydrogens is 396 g/mol. The predicted molar refractivity (Wildman–Crippen MR) is 116 cm³/mol. The van der Waals surface area contributed by atoms with Gasteiger partial charge in [0.15, 0.2) is 0 Å². The molecule has 0 aliphatic carbocycles. The average molecular weight is 422 g/mol. The summed E-state index contributed by atoms with van der Waals surface area (Å²) in [4.78, 5) is 51.1. The number of hydrogen-bond donors (Lipinski definition) is 3. The Labute approximate surface area is 181 Å². The number of anilines is 1. The average Bonchev–Trinajstić information content (AvgIpc) is 2.98. The maximum absolute atomic E-state index is 13.3. The summed E-state index contributed by atoms with van der Waals surface area (Å²) < 4.78 is 0. The first kappa shape index (κ1) is 22.0. The number of imide groups is 1. The minimum Gasteiger partial charge on any atom is -0.355 e. The maximum Gasteiger partial charge on any atom is 0.325 e. The zero-order chi connectivity index (χ0) is 22.6. The summed E-state index contributed by atoms with van der Waals surface area (Å²) in [6, 6.07) is 14.8. The summed E-state index contributed by atoms with van der Waals surface area (Å²) in [6.45, 7) is 3.54. The van der Waals surface area contributed by atoms with Crippen molar-refractivity contribution < 1.29 is 19.2 Å². The number of hydrogen-bond acceptors (Lipinski definition) is 4. The van der Waals surface area contributed by atoms with Crippen LogP contribution in [0, 0.1) is 5.92 Å². The molecule has 2 aromatic rings. The van der Waals surface area contributed by atoms with Crippen molar-refractivity contribution in [3.05, 3.63) is 65.7 Å². The second-order valence-corrected chi connectivity index (χ2v) is 7.90. The van der Waals surface area contributed by atoms with E-state index in [1.807, 2.05) is 32.0 Å². The number of rotatable bonds is 7. The van der Waals surface area contributed by atoms with Gasteiger partial charge in [-0.2, -0.15) is 0 Å². The van der Waals surface area contributed by atoms with Crippen molar-refractivity contribution in [1.82, 2.24) is 15.5 Å². The Morgan fingerprint density at radius 2 is 1.68 bits per heavy atom. The van der Waals surface area contributed by atoms with Gasteiger partial charge in [-0.15, -0.1) is 0 Å².